The van der Waals surface area contributed by atoms with Crippen LogP contribution in [0.4, 0.5) is 4.11 Å². The Morgan fingerprint density at radius 3 is 2.00 bits per heavy atom. The average Bonchev–Trinajstić information content (AvgIpc) is 1.65. The first kappa shape index (κ1) is 7.11. The third-order valence-electron chi connectivity index (χ3n) is 0.746. The standard InChI is InChI=1S/C4H11FNSi/c1-4(2)7(5)6-3/h4,6H,1-3H3. The van der Waals surface area contributed by atoms with Crippen molar-refractivity contribution in [3.05, 3.63) is 0 Å². The third-order valence-corrected chi connectivity index (χ3v) is 2.24. The summed E-state index contributed by atoms with van der Waals surface area (Å²) in [7, 11) is -0.0350. The Labute approximate surface area is 45.8 Å². The smallest absolute Gasteiger partial charge is 0.314 e. The van der Waals surface area contributed by atoms with Gasteiger partial charge in [-0.15, -0.1) is 0 Å². The summed E-state index contributed by atoms with van der Waals surface area (Å²) in [6.07, 6.45) is 0. The van der Waals surface area contributed by atoms with E-state index in [2.05, 4.69) is 4.98 Å². The number of rotatable bonds is 2. The van der Waals surface area contributed by atoms with Gasteiger partial charge in [0.1, 0.15) is 0 Å². The van der Waals surface area contributed by atoms with Crippen LogP contribution in [0.15, 0.2) is 0 Å². The minimum Gasteiger partial charge on any atom is -0.314 e. The average molecular weight is 120 g/mol. The molecular formula is C4H11FNSi. The highest BCUT2D eigenvalue weighted by atomic mass is 28.3. The predicted molar refractivity (Wildman–Crippen MR) is 31.0 cm³/mol. The van der Waals surface area contributed by atoms with Crippen molar-refractivity contribution in [3.63, 3.8) is 0 Å². The Morgan fingerprint density at radius 2 is 2.00 bits per heavy atom. The van der Waals surface area contributed by atoms with Crippen LogP contribution in [0.5, 0.6) is 0 Å². The first-order valence-electron chi connectivity index (χ1n) is 2.38. The molecule has 1 radical (unpaired) electrons. The molecular weight excluding hydrogens is 109 g/mol. The first-order chi connectivity index (χ1) is 3.18. The molecule has 0 unspecified atom stereocenters. The molecule has 0 spiro atoms. The molecule has 1 nitrogen and oxygen atoms in total. The van der Waals surface area contributed by atoms with Crippen LogP contribution in [0.25, 0.3) is 0 Å². The van der Waals surface area contributed by atoms with Crippen LogP contribution in [0.3, 0.4) is 0 Å². The van der Waals surface area contributed by atoms with E-state index in [4.69, 9.17) is 0 Å². The maximum Gasteiger partial charge on any atom is 0.359 e. The molecule has 0 heterocycles. The Morgan fingerprint density at radius 1 is 1.57 bits per heavy atom. The quantitative estimate of drug-likeness (QED) is 0.424. The SMILES string of the molecule is CN[Si](F)C(C)C. The van der Waals surface area contributed by atoms with E-state index in [-0.39, 0.29) is 5.54 Å². The second kappa shape index (κ2) is 3.15. The molecule has 0 amide bonds. The fourth-order valence-electron chi connectivity index (χ4n) is 0.289. The Hall–Kier alpha value is 0.107. The molecule has 0 bridgehead atoms. The third kappa shape index (κ3) is 2.76. The van der Waals surface area contributed by atoms with E-state index in [0.717, 1.165) is 0 Å². The van der Waals surface area contributed by atoms with E-state index in [9.17, 15) is 4.11 Å². The van der Waals surface area contributed by atoms with Gasteiger partial charge in [-0.3, -0.25) is 4.11 Å². The van der Waals surface area contributed by atoms with Gasteiger partial charge < -0.3 is 4.98 Å². The Bertz CT molecular complexity index is 49.0. The van der Waals surface area contributed by atoms with Crippen molar-refractivity contribution in [2.75, 3.05) is 7.05 Å². The van der Waals surface area contributed by atoms with Crippen LogP contribution < -0.4 is 4.98 Å². The summed E-state index contributed by atoms with van der Waals surface area (Å²) in [4.78, 5) is 2.60. The molecule has 3 heteroatoms. The lowest BCUT2D eigenvalue weighted by molar-refractivity contribution is 0.741. The topological polar surface area (TPSA) is 12.0 Å². The van der Waals surface area contributed by atoms with Crippen molar-refractivity contribution in [1.82, 2.24) is 4.98 Å². The molecule has 0 rings (SSSR count). The molecule has 0 aromatic rings. The fourth-order valence-corrected chi connectivity index (χ4v) is 0.866. The van der Waals surface area contributed by atoms with E-state index < -0.39 is 9.29 Å². The van der Waals surface area contributed by atoms with Gasteiger partial charge in [0.05, 0.1) is 0 Å². The lowest BCUT2D eigenvalue weighted by atomic mass is 10.6. The zero-order valence-corrected chi connectivity index (χ0v) is 5.96. The van der Waals surface area contributed by atoms with E-state index in [1.54, 1.807) is 7.05 Å². The molecule has 0 aliphatic carbocycles. The number of hydrogen-bond acceptors (Lipinski definition) is 1. The van der Waals surface area contributed by atoms with Gasteiger partial charge in [0.15, 0.2) is 0 Å². The second-order valence-corrected chi connectivity index (χ2v) is 4.10. The summed E-state index contributed by atoms with van der Waals surface area (Å²) in [6.45, 7) is 3.76. The molecule has 0 atom stereocenters. The fraction of sp³-hybridized carbons (Fsp3) is 1.00. The van der Waals surface area contributed by atoms with Gasteiger partial charge in [-0.25, -0.2) is 0 Å². The monoisotopic (exact) mass is 120 g/mol. The molecule has 0 fully saturated rings. The van der Waals surface area contributed by atoms with Gasteiger partial charge >= 0.3 is 9.29 Å². The van der Waals surface area contributed by atoms with Gasteiger partial charge in [0.2, 0.25) is 0 Å². The second-order valence-electron chi connectivity index (χ2n) is 1.75. The van der Waals surface area contributed by atoms with Crippen molar-refractivity contribution in [2.45, 2.75) is 19.4 Å². The van der Waals surface area contributed by atoms with Crippen LogP contribution in [0.2, 0.25) is 5.54 Å². The highest BCUT2D eigenvalue weighted by Gasteiger charge is 2.12. The molecule has 0 saturated heterocycles. The number of hydrogen-bond donors (Lipinski definition) is 1. The maximum atomic E-state index is 12.2. The Kier molecular flexibility index (Phi) is 3.20. The van der Waals surface area contributed by atoms with Crippen LogP contribution in [0, 0.1) is 0 Å². The summed E-state index contributed by atoms with van der Waals surface area (Å²) in [6, 6.07) is 0. The van der Waals surface area contributed by atoms with Crippen molar-refractivity contribution < 1.29 is 4.11 Å². The van der Waals surface area contributed by atoms with Crippen LogP contribution in [-0.2, 0) is 0 Å². The highest BCUT2D eigenvalue weighted by Crippen LogP contribution is 2.03. The largest absolute Gasteiger partial charge is 0.359 e. The van der Waals surface area contributed by atoms with Gasteiger partial charge in [0.25, 0.3) is 0 Å². The molecule has 0 aliphatic heterocycles. The minimum atomic E-state index is -1.70. The van der Waals surface area contributed by atoms with Crippen LogP contribution >= 0.6 is 0 Å². The van der Waals surface area contributed by atoms with Gasteiger partial charge in [-0.2, -0.15) is 0 Å². The molecule has 0 aromatic carbocycles. The van der Waals surface area contributed by atoms with Crippen molar-refractivity contribution >= 4 is 9.29 Å². The minimum absolute atomic E-state index is 0.190. The predicted octanol–water partition coefficient (Wildman–Crippen LogP) is 1.07. The maximum absolute atomic E-state index is 12.2. The van der Waals surface area contributed by atoms with Crippen molar-refractivity contribution in [3.8, 4) is 0 Å². The molecule has 0 aliphatic rings. The number of halogens is 1. The molecule has 43 valence electrons. The number of nitrogens with one attached hydrogen (secondary N) is 1. The van der Waals surface area contributed by atoms with Gasteiger partial charge in [-0.1, -0.05) is 13.8 Å². The summed E-state index contributed by atoms with van der Waals surface area (Å²) in [5, 5.41) is 0. The Balaban J connectivity index is 3.14. The molecule has 7 heavy (non-hydrogen) atoms. The summed E-state index contributed by atoms with van der Waals surface area (Å²) >= 11 is 0. The van der Waals surface area contributed by atoms with Crippen LogP contribution in [-0.4, -0.2) is 16.3 Å². The first-order valence-corrected chi connectivity index (χ1v) is 3.84. The highest BCUT2D eigenvalue weighted by molar-refractivity contribution is 6.49. The lowest BCUT2D eigenvalue weighted by Gasteiger charge is -2.03. The van der Waals surface area contributed by atoms with Crippen molar-refractivity contribution in [1.29, 1.82) is 0 Å². The van der Waals surface area contributed by atoms with Crippen LogP contribution in [0.1, 0.15) is 13.8 Å². The normalized spacial score (nSPS) is 11.1. The molecule has 0 aromatic heterocycles. The lowest BCUT2D eigenvalue weighted by Crippen LogP contribution is -2.27. The van der Waals surface area contributed by atoms with E-state index in [1.807, 2.05) is 13.8 Å². The molecule has 1 N–H and O–H groups in total. The summed E-state index contributed by atoms with van der Waals surface area (Å²) < 4.78 is 12.2. The zero-order chi connectivity index (χ0) is 5.86. The summed E-state index contributed by atoms with van der Waals surface area (Å²) in [5.41, 5.74) is 0.190. The van der Waals surface area contributed by atoms with E-state index in [0.29, 0.717) is 0 Å². The van der Waals surface area contributed by atoms with Gasteiger partial charge in [-0.05, 0) is 12.6 Å². The van der Waals surface area contributed by atoms with Gasteiger partial charge in [0, 0.05) is 0 Å². The van der Waals surface area contributed by atoms with Crippen molar-refractivity contribution in [2.24, 2.45) is 0 Å². The van der Waals surface area contributed by atoms with E-state index in [1.165, 1.54) is 0 Å². The summed E-state index contributed by atoms with van der Waals surface area (Å²) in [5.74, 6) is 0. The molecule has 0 saturated carbocycles. The van der Waals surface area contributed by atoms with E-state index >= 15 is 0 Å². The zero-order valence-electron chi connectivity index (χ0n) is 4.96.